The molecule has 2 aromatic carbocycles. The van der Waals surface area contributed by atoms with Gasteiger partial charge in [0.2, 0.25) is 5.91 Å². The van der Waals surface area contributed by atoms with Crippen molar-refractivity contribution in [2.75, 3.05) is 19.6 Å². The number of aromatic amines is 1. The lowest BCUT2D eigenvalue weighted by Gasteiger charge is -2.33. The van der Waals surface area contributed by atoms with E-state index in [0.29, 0.717) is 6.42 Å². The van der Waals surface area contributed by atoms with Gasteiger partial charge in [-0.1, -0.05) is 41.9 Å². The standard InChI is InChI=1S/C21H22ClN3O/c22-17-7-5-15(6-8-17)9-11-25-12-10-23-20(21(25)26)13-16-14-24-19-4-2-1-3-18(16)19/h1-8,14,20,23-24H,9-13H2/t20-/m0/s1. The van der Waals surface area contributed by atoms with Crippen molar-refractivity contribution in [2.45, 2.75) is 18.9 Å². The van der Waals surface area contributed by atoms with E-state index in [2.05, 4.69) is 22.4 Å². The van der Waals surface area contributed by atoms with Crippen LogP contribution in [0.25, 0.3) is 10.9 Å². The number of H-pyrrole nitrogens is 1. The van der Waals surface area contributed by atoms with E-state index >= 15 is 0 Å². The van der Waals surface area contributed by atoms with Crippen LogP contribution in [0.4, 0.5) is 0 Å². The monoisotopic (exact) mass is 367 g/mol. The highest BCUT2D eigenvalue weighted by molar-refractivity contribution is 6.30. The van der Waals surface area contributed by atoms with Crippen LogP contribution in [0, 0.1) is 0 Å². The number of piperazine rings is 1. The number of para-hydroxylation sites is 1. The van der Waals surface area contributed by atoms with Crippen molar-refractivity contribution >= 4 is 28.4 Å². The maximum atomic E-state index is 12.9. The first-order valence-electron chi connectivity index (χ1n) is 9.02. The molecule has 1 aromatic heterocycles. The number of benzene rings is 2. The van der Waals surface area contributed by atoms with Crippen molar-refractivity contribution in [3.63, 3.8) is 0 Å². The second-order valence-corrected chi connectivity index (χ2v) is 7.21. The summed E-state index contributed by atoms with van der Waals surface area (Å²) in [4.78, 5) is 18.2. The number of carbonyl (C=O) groups excluding carboxylic acids is 1. The third-order valence-electron chi connectivity index (χ3n) is 5.06. The molecular weight excluding hydrogens is 346 g/mol. The van der Waals surface area contributed by atoms with Crippen LogP contribution < -0.4 is 5.32 Å². The Kier molecular flexibility index (Phi) is 4.96. The van der Waals surface area contributed by atoms with E-state index in [9.17, 15) is 4.79 Å². The Morgan fingerprint density at radius 3 is 2.77 bits per heavy atom. The minimum Gasteiger partial charge on any atom is -0.361 e. The second-order valence-electron chi connectivity index (χ2n) is 6.77. The molecule has 3 aromatic rings. The molecule has 0 bridgehead atoms. The number of aromatic nitrogens is 1. The lowest BCUT2D eigenvalue weighted by atomic mass is 10.0. The van der Waals surface area contributed by atoms with Gasteiger partial charge >= 0.3 is 0 Å². The second kappa shape index (κ2) is 7.52. The van der Waals surface area contributed by atoms with E-state index in [0.717, 1.165) is 36.6 Å². The number of fused-ring (bicyclic) bond motifs is 1. The predicted octanol–water partition coefficient (Wildman–Crippen LogP) is 3.41. The minimum atomic E-state index is -0.159. The van der Waals surface area contributed by atoms with E-state index in [1.54, 1.807) is 0 Å². The zero-order valence-electron chi connectivity index (χ0n) is 14.5. The number of halogens is 1. The van der Waals surface area contributed by atoms with E-state index < -0.39 is 0 Å². The highest BCUT2D eigenvalue weighted by Crippen LogP contribution is 2.20. The average Bonchev–Trinajstić information content (AvgIpc) is 3.07. The van der Waals surface area contributed by atoms with Crippen molar-refractivity contribution in [1.29, 1.82) is 0 Å². The van der Waals surface area contributed by atoms with E-state index in [1.165, 1.54) is 16.5 Å². The van der Waals surface area contributed by atoms with Crippen molar-refractivity contribution in [3.8, 4) is 0 Å². The molecule has 1 fully saturated rings. The SMILES string of the molecule is O=C1[C@H](Cc2c[nH]c3ccccc23)NCCN1CCc1ccc(Cl)cc1. The largest absolute Gasteiger partial charge is 0.361 e. The molecule has 1 amide bonds. The minimum absolute atomic E-state index is 0.159. The summed E-state index contributed by atoms with van der Waals surface area (Å²) in [5, 5.41) is 5.32. The molecule has 26 heavy (non-hydrogen) atoms. The van der Waals surface area contributed by atoms with Gasteiger partial charge in [0.15, 0.2) is 0 Å². The van der Waals surface area contributed by atoms with Crippen LogP contribution in [0.5, 0.6) is 0 Å². The number of hydrogen-bond donors (Lipinski definition) is 2. The van der Waals surface area contributed by atoms with Crippen LogP contribution in [-0.2, 0) is 17.6 Å². The van der Waals surface area contributed by atoms with E-state index in [-0.39, 0.29) is 11.9 Å². The fraction of sp³-hybridized carbons (Fsp3) is 0.286. The van der Waals surface area contributed by atoms with Gasteiger partial charge < -0.3 is 15.2 Å². The van der Waals surface area contributed by atoms with Gasteiger partial charge in [-0.15, -0.1) is 0 Å². The highest BCUT2D eigenvalue weighted by Gasteiger charge is 2.28. The number of rotatable bonds is 5. The molecule has 1 aliphatic rings. The first-order valence-corrected chi connectivity index (χ1v) is 9.40. The van der Waals surface area contributed by atoms with Crippen molar-refractivity contribution in [3.05, 3.63) is 70.9 Å². The Bertz CT molecular complexity index is 903. The van der Waals surface area contributed by atoms with Crippen LogP contribution in [-0.4, -0.2) is 41.5 Å². The summed E-state index contributed by atoms with van der Waals surface area (Å²) in [5.41, 5.74) is 3.50. The third-order valence-corrected chi connectivity index (χ3v) is 5.32. The van der Waals surface area contributed by atoms with Crippen LogP contribution in [0.1, 0.15) is 11.1 Å². The van der Waals surface area contributed by atoms with Gasteiger partial charge in [-0.3, -0.25) is 4.79 Å². The molecule has 0 spiro atoms. The van der Waals surface area contributed by atoms with Gasteiger partial charge in [0, 0.05) is 41.8 Å². The summed E-state index contributed by atoms with van der Waals surface area (Å²) in [7, 11) is 0. The molecule has 1 saturated heterocycles. The summed E-state index contributed by atoms with van der Waals surface area (Å²) < 4.78 is 0. The third kappa shape index (κ3) is 3.62. The van der Waals surface area contributed by atoms with Gasteiger partial charge in [0.05, 0.1) is 6.04 Å². The Morgan fingerprint density at radius 1 is 1.12 bits per heavy atom. The summed E-state index contributed by atoms with van der Waals surface area (Å²) in [6, 6.07) is 15.9. The Balaban J connectivity index is 1.41. The van der Waals surface area contributed by atoms with Crippen LogP contribution in [0.2, 0.25) is 5.02 Å². The van der Waals surface area contributed by atoms with Gasteiger partial charge in [-0.25, -0.2) is 0 Å². The van der Waals surface area contributed by atoms with E-state index in [1.807, 2.05) is 47.5 Å². The summed E-state index contributed by atoms with van der Waals surface area (Å²) >= 11 is 5.94. The summed E-state index contributed by atoms with van der Waals surface area (Å²) in [6.45, 7) is 2.34. The molecule has 5 heteroatoms. The smallest absolute Gasteiger partial charge is 0.240 e. The molecule has 134 valence electrons. The quantitative estimate of drug-likeness (QED) is 0.726. The zero-order valence-corrected chi connectivity index (χ0v) is 15.3. The summed E-state index contributed by atoms with van der Waals surface area (Å²) in [6.07, 6.45) is 3.58. The number of amides is 1. The molecular formula is C21H22ClN3O. The first-order chi connectivity index (χ1) is 12.7. The predicted molar refractivity (Wildman–Crippen MR) is 106 cm³/mol. The molecule has 4 rings (SSSR count). The highest BCUT2D eigenvalue weighted by atomic mass is 35.5. The van der Waals surface area contributed by atoms with Crippen molar-refractivity contribution < 1.29 is 4.79 Å². The number of carbonyl (C=O) groups is 1. The molecule has 2 heterocycles. The molecule has 1 atom stereocenters. The Morgan fingerprint density at radius 2 is 1.92 bits per heavy atom. The molecule has 0 saturated carbocycles. The molecule has 4 nitrogen and oxygen atoms in total. The number of hydrogen-bond acceptors (Lipinski definition) is 2. The molecule has 0 radical (unpaired) electrons. The molecule has 0 aliphatic carbocycles. The Hall–Kier alpha value is -2.30. The number of nitrogens with zero attached hydrogens (tertiary/aromatic N) is 1. The van der Waals surface area contributed by atoms with Crippen LogP contribution in [0.15, 0.2) is 54.7 Å². The summed E-state index contributed by atoms with van der Waals surface area (Å²) in [5.74, 6) is 0.190. The lowest BCUT2D eigenvalue weighted by Crippen LogP contribution is -2.56. The normalized spacial score (nSPS) is 17.8. The van der Waals surface area contributed by atoms with Crippen LogP contribution >= 0.6 is 11.6 Å². The maximum absolute atomic E-state index is 12.9. The van der Waals surface area contributed by atoms with Gasteiger partial charge in [0.1, 0.15) is 0 Å². The fourth-order valence-electron chi connectivity index (χ4n) is 3.61. The topological polar surface area (TPSA) is 48.1 Å². The maximum Gasteiger partial charge on any atom is 0.240 e. The van der Waals surface area contributed by atoms with Gasteiger partial charge in [-0.05, 0) is 42.2 Å². The van der Waals surface area contributed by atoms with Gasteiger partial charge in [0.25, 0.3) is 0 Å². The van der Waals surface area contributed by atoms with Crippen molar-refractivity contribution in [1.82, 2.24) is 15.2 Å². The average molecular weight is 368 g/mol. The first kappa shape index (κ1) is 17.1. The van der Waals surface area contributed by atoms with Gasteiger partial charge in [-0.2, -0.15) is 0 Å². The number of nitrogens with one attached hydrogen (secondary N) is 2. The lowest BCUT2D eigenvalue weighted by molar-refractivity contribution is -0.135. The van der Waals surface area contributed by atoms with Crippen LogP contribution in [0.3, 0.4) is 0 Å². The fourth-order valence-corrected chi connectivity index (χ4v) is 3.73. The zero-order chi connectivity index (χ0) is 17.9. The Labute approximate surface area is 158 Å². The molecule has 1 aliphatic heterocycles. The molecule has 0 unspecified atom stereocenters. The van der Waals surface area contributed by atoms with Crippen molar-refractivity contribution in [2.24, 2.45) is 0 Å². The van der Waals surface area contributed by atoms with E-state index in [4.69, 9.17) is 11.6 Å². The molecule has 2 N–H and O–H groups in total.